The Hall–Kier alpha value is -2.41. The Bertz CT molecular complexity index is 1020. The van der Waals surface area contributed by atoms with Gasteiger partial charge in [0.15, 0.2) is 0 Å². The summed E-state index contributed by atoms with van der Waals surface area (Å²) < 4.78 is 4.03. The average molecular weight is 366 g/mol. The SMILES string of the molecule is CN1CCN(c2nnc3n(C4CCCCC4)c(=O)c4ccccc4n23)CC1. The molecule has 0 N–H and O–H groups in total. The molecule has 0 atom stereocenters. The number of hydrogen-bond acceptors (Lipinski definition) is 5. The molecule has 7 heteroatoms. The summed E-state index contributed by atoms with van der Waals surface area (Å²) in [4.78, 5) is 18.0. The first-order valence-corrected chi connectivity index (χ1v) is 10.1. The van der Waals surface area contributed by atoms with Crippen molar-refractivity contribution in [3.05, 3.63) is 34.6 Å². The molecule has 1 aliphatic carbocycles. The molecular formula is C20H26N6O. The number of aromatic nitrogens is 4. The van der Waals surface area contributed by atoms with Crippen molar-refractivity contribution in [3.8, 4) is 0 Å². The van der Waals surface area contributed by atoms with Crippen molar-refractivity contribution in [1.82, 2.24) is 24.1 Å². The molecule has 1 aliphatic heterocycles. The second-order valence-electron chi connectivity index (χ2n) is 7.91. The van der Waals surface area contributed by atoms with Crippen LogP contribution >= 0.6 is 0 Å². The number of benzene rings is 1. The maximum absolute atomic E-state index is 13.3. The summed E-state index contributed by atoms with van der Waals surface area (Å²) in [7, 11) is 2.15. The lowest BCUT2D eigenvalue weighted by Gasteiger charge is -2.32. The fourth-order valence-electron chi connectivity index (χ4n) is 4.59. The summed E-state index contributed by atoms with van der Waals surface area (Å²) in [5, 5.41) is 9.83. The number of piperazine rings is 1. The van der Waals surface area contributed by atoms with Crippen LogP contribution in [0, 0.1) is 0 Å². The molecule has 5 rings (SSSR count). The maximum atomic E-state index is 13.3. The van der Waals surface area contributed by atoms with Crippen molar-refractivity contribution in [2.24, 2.45) is 0 Å². The van der Waals surface area contributed by atoms with Crippen molar-refractivity contribution < 1.29 is 0 Å². The van der Waals surface area contributed by atoms with Gasteiger partial charge in [0.25, 0.3) is 5.56 Å². The predicted octanol–water partition coefficient (Wildman–Crippen LogP) is 2.30. The molecule has 2 aliphatic rings. The molecule has 142 valence electrons. The van der Waals surface area contributed by atoms with Gasteiger partial charge in [0.1, 0.15) is 0 Å². The van der Waals surface area contributed by atoms with E-state index in [0.29, 0.717) is 5.78 Å². The van der Waals surface area contributed by atoms with Crippen molar-refractivity contribution >= 4 is 22.6 Å². The van der Waals surface area contributed by atoms with Gasteiger partial charge >= 0.3 is 0 Å². The van der Waals surface area contributed by atoms with Crippen LogP contribution in [0.1, 0.15) is 38.1 Å². The number of anilines is 1. The molecule has 7 nitrogen and oxygen atoms in total. The lowest BCUT2D eigenvalue weighted by molar-refractivity contribution is 0.311. The lowest BCUT2D eigenvalue weighted by Crippen LogP contribution is -2.45. The van der Waals surface area contributed by atoms with E-state index in [-0.39, 0.29) is 11.6 Å². The van der Waals surface area contributed by atoms with Crippen LogP contribution < -0.4 is 10.5 Å². The molecule has 1 saturated carbocycles. The van der Waals surface area contributed by atoms with Crippen LogP contribution in [0.3, 0.4) is 0 Å². The molecule has 0 unspecified atom stereocenters. The molecule has 1 aromatic carbocycles. The standard InChI is InChI=1S/C20H26N6O/c1-23-11-13-24(14-12-23)19-21-22-20-25(15-7-3-2-4-8-15)18(27)16-9-5-6-10-17(16)26(19)20/h5-6,9-10,15H,2-4,7-8,11-14H2,1H3. The third-order valence-corrected chi connectivity index (χ3v) is 6.16. The van der Waals surface area contributed by atoms with E-state index in [1.165, 1.54) is 19.3 Å². The lowest BCUT2D eigenvalue weighted by atomic mass is 9.95. The molecule has 0 amide bonds. The van der Waals surface area contributed by atoms with Gasteiger partial charge in [-0.05, 0) is 32.0 Å². The number of fused-ring (bicyclic) bond motifs is 3. The zero-order chi connectivity index (χ0) is 18.4. The number of nitrogens with zero attached hydrogens (tertiary/aromatic N) is 6. The molecule has 3 aromatic rings. The van der Waals surface area contributed by atoms with Crippen LogP contribution in [0.5, 0.6) is 0 Å². The third kappa shape index (κ3) is 2.72. The summed E-state index contributed by atoms with van der Waals surface area (Å²) in [5.74, 6) is 1.55. The van der Waals surface area contributed by atoms with E-state index in [9.17, 15) is 4.79 Å². The molecule has 0 bridgehead atoms. The Morgan fingerprint density at radius 3 is 2.48 bits per heavy atom. The van der Waals surface area contributed by atoms with Crippen LogP contribution in [0.4, 0.5) is 5.95 Å². The second-order valence-corrected chi connectivity index (χ2v) is 7.91. The summed E-state index contributed by atoms with van der Waals surface area (Å²) in [6.07, 6.45) is 5.70. The van der Waals surface area contributed by atoms with E-state index in [4.69, 9.17) is 0 Å². The van der Waals surface area contributed by atoms with E-state index < -0.39 is 0 Å². The number of rotatable bonds is 2. The highest BCUT2D eigenvalue weighted by Crippen LogP contribution is 2.30. The van der Waals surface area contributed by atoms with E-state index in [2.05, 4.69) is 31.4 Å². The quantitative estimate of drug-likeness (QED) is 0.697. The number of likely N-dealkylation sites (N-methyl/N-ethyl adjacent to an activating group) is 1. The van der Waals surface area contributed by atoms with Crippen LogP contribution in [0.15, 0.2) is 29.1 Å². The molecule has 0 radical (unpaired) electrons. The Labute approximate surface area is 158 Å². The summed E-state index contributed by atoms with van der Waals surface area (Å²) in [6, 6.07) is 8.10. The summed E-state index contributed by atoms with van der Waals surface area (Å²) in [5.41, 5.74) is 0.978. The largest absolute Gasteiger partial charge is 0.338 e. The molecule has 0 spiro atoms. The first-order chi connectivity index (χ1) is 13.2. The van der Waals surface area contributed by atoms with Gasteiger partial charge in [0.2, 0.25) is 11.7 Å². The van der Waals surface area contributed by atoms with Crippen molar-refractivity contribution in [2.75, 3.05) is 38.1 Å². The van der Waals surface area contributed by atoms with E-state index >= 15 is 0 Å². The highest BCUT2D eigenvalue weighted by molar-refractivity contribution is 5.81. The van der Waals surface area contributed by atoms with Crippen LogP contribution in [-0.2, 0) is 0 Å². The van der Waals surface area contributed by atoms with Crippen LogP contribution in [0.25, 0.3) is 16.7 Å². The highest BCUT2D eigenvalue weighted by Gasteiger charge is 2.26. The Morgan fingerprint density at radius 2 is 1.70 bits per heavy atom. The average Bonchev–Trinajstić information content (AvgIpc) is 3.14. The van der Waals surface area contributed by atoms with Crippen molar-refractivity contribution in [1.29, 1.82) is 0 Å². The van der Waals surface area contributed by atoms with Gasteiger partial charge in [0, 0.05) is 32.2 Å². The number of hydrogen-bond donors (Lipinski definition) is 0. The van der Waals surface area contributed by atoms with Crippen LogP contribution in [0.2, 0.25) is 0 Å². The predicted molar refractivity (Wildman–Crippen MR) is 107 cm³/mol. The molecular weight excluding hydrogens is 340 g/mol. The van der Waals surface area contributed by atoms with Crippen LogP contribution in [-0.4, -0.2) is 57.3 Å². The molecule has 1 saturated heterocycles. The van der Waals surface area contributed by atoms with Gasteiger partial charge in [-0.25, -0.2) is 4.40 Å². The fourth-order valence-corrected chi connectivity index (χ4v) is 4.59. The minimum Gasteiger partial charge on any atom is -0.338 e. The van der Waals surface area contributed by atoms with Gasteiger partial charge in [0.05, 0.1) is 10.9 Å². The first kappa shape index (κ1) is 16.7. The third-order valence-electron chi connectivity index (χ3n) is 6.16. The maximum Gasteiger partial charge on any atom is 0.263 e. The van der Waals surface area contributed by atoms with Gasteiger partial charge in [-0.15, -0.1) is 10.2 Å². The van der Waals surface area contributed by atoms with Gasteiger partial charge in [-0.2, -0.15) is 0 Å². The van der Waals surface area contributed by atoms with Gasteiger partial charge in [-0.3, -0.25) is 9.36 Å². The smallest absolute Gasteiger partial charge is 0.263 e. The van der Waals surface area contributed by atoms with Gasteiger partial charge < -0.3 is 9.80 Å². The normalized spacial score (nSPS) is 20.0. The highest BCUT2D eigenvalue weighted by atomic mass is 16.1. The van der Waals surface area contributed by atoms with Crippen molar-refractivity contribution in [3.63, 3.8) is 0 Å². The zero-order valence-electron chi connectivity index (χ0n) is 15.8. The van der Waals surface area contributed by atoms with Gasteiger partial charge in [-0.1, -0.05) is 31.4 Å². The molecule has 27 heavy (non-hydrogen) atoms. The Morgan fingerprint density at radius 1 is 0.963 bits per heavy atom. The summed E-state index contributed by atoms with van der Waals surface area (Å²) in [6.45, 7) is 3.87. The summed E-state index contributed by atoms with van der Waals surface area (Å²) >= 11 is 0. The minimum absolute atomic E-state index is 0.0716. The second kappa shape index (κ2) is 6.64. The Kier molecular flexibility index (Phi) is 4.11. The molecule has 2 fully saturated rings. The molecule has 3 heterocycles. The monoisotopic (exact) mass is 366 g/mol. The molecule has 2 aromatic heterocycles. The van der Waals surface area contributed by atoms with E-state index in [1.807, 2.05) is 28.8 Å². The zero-order valence-corrected chi connectivity index (χ0v) is 15.8. The van der Waals surface area contributed by atoms with Crippen molar-refractivity contribution in [2.45, 2.75) is 38.1 Å². The van der Waals surface area contributed by atoms with E-state index in [0.717, 1.165) is 55.9 Å². The van der Waals surface area contributed by atoms with E-state index in [1.54, 1.807) is 0 Å². The topological polar surface area (TPSA) is 58.7 Å². The number of para-hydroxylation sites is 1. The minimum atomic E-state index is 0.0716. The first-order valence-electron chi connectivity index (χ1n) is 10.1. The fraction of sp³-hybridized carbons (Fsp3) is 0.550. The Balaban J connectivity index is 1.75.